The van der Waals surface area contributed by atoms with Crippen LogP contribution in [0, 0.1) is 11.8 Å². The number of hydrogen-bond donors (Lipinski definition) is 5. The third-order valence-electron chi connectivity index (χ3n) is 4.86. The normalized spacial score (nSPS) is 14.8. The molecule has 0 heterocycles. The minimum Gasteiger partial charge on any atom is -0.480 e. The molecule has 0 radical (unpaired) electrons. The minimum atomic E-state index is -1.41. The number of carboxylic acids is 1. The molecule has 0 saturated carbocycles. The lowest BCUT2D eigenvalue weighted by Gasteiger charge is -2.36. The number of carbonyl (C=O) groups excluding carboxylic acids is 2. The van der Waals surface area contributed by atoms with Crippen molar-refractivity contribution < 1.29 is 34.4 Å². The van der Waals surface area contributed by atoms with Gasteiger partial charge in [0.1, 0.15) is 11.6 Å². The van der Waals surface area contributed by atoms with Gasteiger partial charge in [0, 0.05) is 11.1 Å². The van der Waals surface area contributed by atoms with Crippen molar-refractivity contribution in [3.63, 3.8) is 0 Å². The van der Waals surface area contributed by atoms with Crippen LogP contribution in [0.15, 0.2) is 36.4 Å². The van der Waals surface area contributed by atoms with Crippen molar-refractivity contribution in [3.05, 3.63) is 47.5 Å². The van der Waals surface area contributed by atoms with E-state index in [2.05, 4.69) is 22.5 Å². The lowest BCUT2D eigenvalue weighted by atomic mass is 9.89. The molecule has 34 heavy (non-hydrogen) atoms. The quantitative estimate of drug-likeness (QED) is 0.345. The van der Waals surface area contributed by atoms with Crippen molar-refractivity contribution in [2.24, 2.45) is 0 Å². The maximum atomic E-state index is 12.7. The maximum Gasteiger partial charge on any atom is 0.408 e. The molecule has 0 saturated heterocycles. The molecule has 0 aliphatic heterocycles. The minimum absolute atomic E-state index is 0.223. The molecule has 0 aliphatic carbocycles. The summed E-state index contributed by atoms with van der Waals surface area (Å²) in [6, 6.07) is 4.86. The topological polar surface area (TPSA) is 145 Å². The molecule has 5 N–H and O–H groups in total. The SMILES string of the molecule is CCC(C)(NC(=O)OC(C)(C)C)[C@H](NC(=O)c1ccc(C#C/C=C/CC(O)CO)cc1)C(=O)O. The highest BCUT2D eigenvalue weighted by Gasteiger charge is 2.41. The monoisotopic (exact) mass is 474 g/mol. The van der Waals surface area contributed by atoms with Crippen LogP contribution in [0.25, 0.3) is 0 Å². The Morgan fingerprint density at radius 2 is 1.76 bits per heavy atom. The average Bonchev–Trinajstić information content (AvgIpc) is 2.75. The number of benzene rings is 1. The van der Waals surface area contributed by atoms with Crippen LogP contribution in [-0.2, 0) is 9.53 Å². The zero-order chi connectivity index (χ0) is 25.9. The van der Waals surface area contributed by atoms with Crippen LogP contribution in [0.4, 0.5) is 4.79 Å². The van der Waals surface area contributed by atoms with Gasteiger partial charge in [0.25, 0.3) is 5.91 Å². The molecule has 0 aromatic heterocycles. The zero-order valence-electron chi connectivity index (χ0n) is 20.2. The fraction of sp³-hybridized carbons (Fsp3) is 0.480. The number of carbonyl (C=O) groups is 3. The number of aliphatic hydroxyl groups is 2. The Labute approximate surface area is 200 Å². The van der Waals surface area contributed by atoms with Crippen molar-refractivity contribution >= 4 is 18.0 Å². The van der Waals surface area contributed by atoms with E-state index in [-0.39, 0.29) is 25.0 Å². The van der Waals surface area contributed by atoms with Crippen molar-refractivity contribution in [1.82, 2.24) is 10.6 Å². The third kappa shape index (κ3) is 9.65. The largest absolute Gasteiger partial charge is 0.480 e. The van der Waals surface area contributed by atoms with Crippen molar-refractivity contribution in [2.75, 3.05) is 6.61 Å². The second kappa shape index (κ2) is 12.8. The van der Waals surface area contributed by atoms with Gasteiger partial charge in [-0.2, -0.15) is 0 Å². The summed E-state index contributed by atoms with van der Waals surface area (Å²) in [5, 5.41) is 32.8. The molecule has 9 heteroatoms. The Hall–Kier alpha value is -3.35. The molecule has 0 fully saturated rings. The summed E-state index contributed by atoms with van der Waals surface area (Å²) in [7, 11) is 0. The van der Waals surface area contributed by atoms with E-state index in [9.17, 15) is 24.6 Å². The van der Waals surface area contributed by atoms with Gasteiger partial charge in [-0.1, -0.05) is 24.8 Å². The van der Waals surface area contributed by atoms with Crippen LogP contribution in [0.3, 0.4) is 0 Å². The van der Waals surface area contributed by atoms with Crippen LogP contribution in [-0.4, -0.2) is 63.2 Å². The fourth-order valence-corrected chi connectivity index (χ4v) is 2.80. The third-order valence-corrected chi connectivity index (χ3v) is 4.86. The molecule has 186 valence electrons. The first-order chi connectivity index (χ1) is 15.8. The predicted molar refractivity (Wildman–Crippen MR) is 127 cm³/mol. The first-order valence-electron chi connectivity index (χ1n) is 10.9. The first kappa shape index (κ1) is 28.7. The molecule has 1 aromatic rings. The Bertz CT molecular complexity index is 939. The van der Waals surface area contributed by atoms with Gasteiger partial charge in [0.2, 0.25) is 0 Å². The lowest BCUT2D eigenvalue weighted by molar-refractivity contribution is -0.141. The zero-order valence-corrected chi connectivity index (χ0v) is 20.2. The molecule has 1 rings (SSSR count). The van der Waals surface area contributed by atoms with E-state index < -0.39 is 41.3 Å². The molecule has 0 aliphatic rings. The summed E-state index contributed by atoms with van der Waals surface area (Å²) < 4.78 is 5.24. The molecular formula is C25H34N2O7. The summed E-state index contributed by atoms with van der Waals surface area (Å²) in [5.74, 6) is 3.74. The number of rotatable bonds is 9. The van der Waals surface area contributed by atoms with E-state index in [4.69, 9.17) is 9.84 Å². The summed E-state index contributed by atoms with van der Waals surface area (Å²) in [5.41, 5.74) is -1.20. The molecule has 0 bridgehead atoms. The molecule has 2 amide bonds. The highest BCUT2D eigenvalue weighted by atomic mass is 16.6. The number of alkyl carbamates (subject to hydrolysis) is 1. The van der Waals surface area contributed by atoms with Gasteiger partial charge in [-0.05, 0) is 70.9 Å². The van der Waals surface area contributed by atoms with Crippen molar-refractivity contribution in [2.45, 2.75) is 70.7 Å². The molecule has 0 spiro atoms. The maximum absolute atomic E-state index is 12.7. The smallest absolute Gasteiger partial charge is 0.408 e. The molecule has 9 nitrogen and oxygen atoms in total. The number of hydrogen-bond acceptors (Lipinski definition) is 6. The Morgan fingerprint density at radius 3 is 2.26 bits per heavy atom. The van der Waals surface area contributed by atoms with E-state index >= 15 is 0 Å². The van der Waals surface area contributed by atoms with Crippen LogP contribution < -0.4 is 10.6 Å². The van der Waals surface area contributed by atoms with Crippen LogP contribution in [0.5, 0.6) is 0 Å². The number of allylic oxidation sites excluding steroid dienone is 1. The van der Waals surface area contributed by atoms with Gasteiger partial charge in [-0.15, -0.1) is 0 Å². The van der Waals surface area contributed by atoms with Crippen molar-refractivity contribution in [3.8, 4) is 11.8 Å². The highest BCUT2D eigenvalue weighted by molar-refractivity contribution is 5.97. The average molecular weight is 475 g/mol. The summed E-state index contributed by atoms with van der Waals surface area (Å²) in [4.78, 5) is 36.9. The number of aliphatic carboxylic acids is 1. The van der Waals surface area contributed by atoms with Gasteiger partial charge in [-0.3, -0.25) is 4.79 Å². The lowest BCUT2D eigenvalue weighted by Crippen LogP contribution is -2.63. The Balaban J connectivity index is 2.91. The van der Waals surface area contributed by atoms with E-state index in [0.717, 1.165) is 0 Å². The summed E-state index contributed by atoms with van der Waals surface area (Å²) >= 11 is 0. The van der Waals surface area contributed by atoms with Gasteiger partial charge in [-0.25, -0.2) is 9.59 Å². The van der Waals surface area contributed by atoms with Gasteiger partial charge < -0.3 is 30.7 Å². The van der Waals surface area contributed by atoms with Crippen LogP contribution in [0.1, 0.15) is 63.4 Å². The van der Waals surface area contributed by atoms with E-state index in [1.54, 1.807) is 52.0 Å². The van der Waals surface area contributed by atoms with Crippen LogP contribution >= 0.6 is 0 Å². The molecule has 2 unspecified atom stereocenters. The Kier molecular flexibility index (Phi) is 10.8. The number of carboxylic acid groups (broad SMARTS) is 1. The first-order valence-corrected chi connectivity index (χ1v) is 10.9. The van der Waals surface area contributed by atoms with Crippen LogP contribution in [0.2, 0.25) is 0 Å². The highest BCUT2D eigenvalue weighted by Crippen LogP contribution is 2.18. The molecule has 1 aromatic carbocycles. The van der Waals surface area contributed by atoms with Gasteiger partial charge in [0.15, 0.2) is 0 Å². The van der Waals surface area contributed by atoms with Gasteiger partial charge in [0.05, 0.1) is 18.2 Å². The van der Waals surface area contributed by atoms with E-state index in [1.807, 2.05) is 0 Å². The summed E-state index contributed by atoms with van der Waals surface area (Å²) in [6.07, 6.45) is 2.10. The molecule has 3 atom stereocenters. The number of aliphatic hydroxyl groups excluding tert-OH is 2. The predicted octanol–water partition coefficient (Wildman–Crippen LogP) is 2.21. The number of nitrogens with one attached hydrogen (secondary N) is 2. The standard InChI is InChI=1S/C25H34N2O7/c1-6-25(5,27-23(33)34-24(2,3)4)20(22(31)32)26-21(30)18-14-12-17(13-15-18)10-8-7-9-11-19(29)16-28/h7,9,12-15,19-20,28-29H,6,11,16H2,1-5H3,(H,26,30)(H,27,33)(H,31,32)/b9-7+/t19?,20-,25?/m1/s1. The molecular weight excluding hydrogens is 440 g/mol. The second-order valence-corrected chi connectivity index (χ2v) is 8.96. The number of amides is 2. The van der Waals surface area contributed by atoms with Gasteiger partial charge >= 0.3 is 12.1 Å². The number of ether oxygens (including phenoxy) is 1. The fourth-order valence-electron chi connectivity index (χ4n) is 2.80. The Morgan fingerprint density at radius 1 is 1.15 bits per heavy atom. The van der Waals surface area contributed by atoms with E-state index in [0.29, 0.717) is 5.56 Å². The van der Waals surface area contributed by atoms with E-state index in [1.165, 1.54) is 19.1 Å². The second-order valence-electron chi connectivity index (χ2n) is 8.96. The van der Waals surface area contributed by atoms with Crippen molar-refractivity contribution in [1.29, 1.82) is 0 Å². The summed E-state index contributed by atoms with van der Waals surface area (Å²) in [6.45, 7) is 7.99.